The number of hydrogen-bond donors (Lipinski definition) is 1. The van der Waals surface area contributed by atoms with E-state index >= 15 is 0 Å². The van der Waals surface area contributed by atoms with Crippen molar-refractivity contribution in [1.29, 1.82) is 0 Å². The van der Waals surface area contributed by atoms with Gasteiger partial charge in [0, 0.05) is 6.42 Å². The van der Waals surface area contributed by atoms with Crippen LogP contribution in [-0.4, -0.2) is 9.97 Å². The maximum atomic E-state index is 5.99. The molecule has 4 nitrogen and oxygen atoms in total. The molecule has 0 aliphatic carbocycles. The second kappa shape index (κ2) is 5.90. The number of benzene rings is 1. The first-order chi connectivity index (χ1) is 9.52. The summed E-state index contributed by atoms with van der Waals surface area (Å²) in [5.41, 5.74) is 7.85. The molecule has 0 radical (unpaired) electrons. The SMILES string of the molecule is CCc1nc(N)c(C)c(Oc2ccccc2C(C)C)n1. The molecule has 1 heterocycles. The van der Waals surface area contributed by atoms with E-state index in [0.29, 0.717) is 23.4 Å². The number of aromatic nitrogens is 2. The first-order valence-electron chi connectivity index (χ1n) is 6.92. The molecule has 0 spiro atoms. The highest BCUT2D eigenvalue weighted by Crippen LogP contribution is 2.31. The normalized spacial score (nSPS) is 10.8. The topological polar surface area (TPSA) is 61.0 Å². The second-order valence-electron chi connectivity index (χ2n) is 5.10. The third-order valence-corrected chi connectivity index (χ3v) is 3.25. The Balaban J connectivity index is 2.42. The summed E-state index contributed by atoms with van der Waals surface area (Å²) in [5.74, 6) is 2.93. The van der Waals surface area contributed by atoms with Crippen LogP contribution in [0.4, 0.5) is 5.82 Å². The number of anilines is 1. The number of rotatable bonds is 4. The molecular weight excluding hydrogens is 250 g/mol. The number of aryl methyl sites for hydroxylation is 1. The average Bonchev–Trinajstić information content (AvgIpc) is 2.44. The molecule has 0 saturated carbocycles. The van der Waals surface area contributed by atoms with Gasteiger partial charge >= 0.3 is 0 Å². The Bertz CT molecular complexity index is 609. The van der Waals surface area contributed by atoms with Crippen LogP contribution in [-0.2, 0) is 6.42 Å². The second-order valence-corrected chi connectivity index (χ2v) is 5.10. The van der Waals surface area contributed by atoms with E-state index in [1.165, 1.54) is 0 Å². The average molecular weight is 271 g/mol. The van der Waals surface area contributed by atoms with Gasteiger partial charge in [0.1, 0.15) is 17.4 Å². The number of nitrogens with zero attached hydrogens (tertiary/aromatic N) is 2. The van der Waals surface area contributed by atoms with Gasteiger partial charge in [-0.25, -0.2) is 4.98 Å². The van der Waals surface area contributed by atoms with E-state index in [0.717, 1.165) is 23.3 Å². The molecule has 0 fully saturated rings. The lowest BCUT2D eigenvalue weighted by Crippen LogP contribution is -2.05. The van der Waals surface area contributed by atoms with Gasteiger partial charge < -0.3 is 10.5 Å². The van der Waals surface area contributed by atoms with Crippen molar-refractivity contribution in [3.05, 3.63) is 41.2 Å². The molecule has 4 heteroatoms. The Kier molecular flexibility index (Phi) is 4.23. The molecule has 1 aromatic heterocycles. The Morgan fingerprint density at radius 2 is 1.90 bits per heavy atom. The third kappa shape index (κ3) is 2.90. The van der Waals surface area contributed by atoms with Gasteiger partial charge in [-0.15, -0.1) is 0 Å². The molecule has 0 unspecified atom stereocenters. The highest BCUT2D eigenvalue weighted by Gasteiger charge is 2.13. The summed E-state index contributed by atoms with van der Waals surface area (Å²) in [6.07, 6.45) is 0.729. The molecule has 2 rings (SSSR count). The lowest BCUT2D eigenvalue weighted by molar-refractivity contribution is 0.447. The minimum atomic E-state index is 0.385. The first kappa shape index (κ1) is 14.3. The van der Waals surface area contributed by atoms with Crippen LogP contribution in [0.5, 0.6) is 11.6 Å². The summed E-state index contributed by atoms with van der Waals surface area (Å²) in [7, 11) is 0. The fourth-order valence-corrected chi connectivity index (χ4v) is 1.97. The van der Waals surface area contributed by atoms with Crippen molar-refractivity contribution in [3.8, 4) is 11.6 Å². The van der Waals surface area contributed by atoms with Crippen LogP contribution in [0, 0.1) is 6.92 Å². The smallest absolute Gasteiger partial charge is 0.227 e. The van der Waals surface area contributed by atoms with Gasteiger partial charge in [0.05, 0.1) is 5.56 Å². The first-order valence-corrected chi connectivity index (χ1v) is 6.92. The van der Waals surface area contributed by atoms with Gasteiger partial charge in [0.15, 0.2) is 0 Å². The van der Waals surface area contributed by atoms with Gasteiger partial charge in [0.2, 0.25) is 5.88 Å². The third-order valence-electron chi connectivity index (χ3n) is 3.25. The zero-order valence-corrected chi connectivity index (χ0v) is 12.5. The largest absolute Gasteiger partial charge is 0.438 e. The van der Waals surface area contributed by atoms with Crippen LogP contribution in [0.15, 0.2) is 24.3 Å². The molecule has 0 atom stereocenters. The monoisotopic (exact) mass is 271 g/mol. The molecule has 0 saturated heterocycles. The van der Waals surface area contributed by atoms with Gasteiger partial charge in [-0.1, -0.05) is 39.0 Å². The van der Waals surface area contributed by atoms with Crippen molar-refractivity contribution < 1.29 is 4.74 Å². The van der Waals surface area contributed by atoms with Crippen LogP contribution in [0.25, 0.3) is 0 Å². The summed E-state index contributed by atoms with van der Waals surface area (Å²) in [4.78, 5) is 8.67. The zero-order chi connectivity index (χ0) is 14.7. The predicted octanol–water partition coefficient (Wildman–Crippen LogP) is 3.85. The molecular formula is C16H21N3O. The Hall–Kier alpha value is -2.10. The summed E-state index contributed by atoms with van der Waals surface area (Å²) >= 11 is 0. The van der Waals surface area contributed by atoms with E-state index in [2.05, 4.69) is 29.9 Å². The van der Waals surface area contributed by atoms with E-state index in [4.69, 9.17) is 10.5 Å². The number of ether oxygens (including phenoxy) is 1. The Labute approximate surface area is 120 Å². The molecule has 0 aliphatic heterocycles. The lowest BCUT2D eigenvalue weighted by Gasteiger charge is -2.15. The number of para-hydroxylation sites is 1. The standard InChI is InChI=1S/C16H21N3O/c1-5-14-18-15(17)11(4)16(19-14)20-13-9-7-6-8-12(13)10(2)3/h6-10H,5H2,1-4H3,(H2,17,18,19). The number of nitrogens with two attached hydrogens (primary N) is 1. The van der Waals surface area contributed by atoms with E-state index in [9.17, 15) is 0 Å². The molecule has 0 bridgehead atoms. The summed E-state index contributed by atoms with van der Waals surface area (Å²) in [6.45, 7) is 8.15. The molecule has 106 valence electrons. The van der Waals surface area contributed by atoms with Crippen molar-refractivity contribution in [2.75, 3.05) is 5.73 Å². The van der Waals surface area contributed by atoms with Gasteiger partial charge in [-0.05, 0) is 24.5 Å². The van der Waals surface area contributed by atoms with Gasteiger partial charge in [-0.3, -0.25) is 0 Å². The molecule has 2 N–H and O–H groups in total. The minimum Gasteiger partial charge on any atom is -0.438 e. The quantitative estimate of drug-likeness (QED) is 0.917. The van der Waals surface area contributed by atoms with Crippen LogP contribution < -0.4 is 10.5 Å². The van der Waals surface area contributed by atoms with Gasteiger partial charge in [-0.2, -0.15) is 4.98 Å². The van der Waals surface area contributed by atoms with E-state index in [1.807, 2.05) is 32.0 Å². The molecule has 2 aromatic rings. The highest BCUT2D eigenvalue weighted by atomic mass is 16.5. The fourth-order valence-electron chi connectivity index (χ4n) is 1.97. The van der Waals surface area contributed by atoms with Crippen LogP contribution in [0.2, 0.25) is 0 Å². The van der Waals surface area contributed by atoms with Crippen LogP contribution in [0.3, 0.4) is 0 Å². The van der Waals surface area contributed by atoms with E-state index in [1.54, 1.807) is 0 Å². The maximum absolute atomic E-state index is 5.99. The molecule has 0 amide bonds. The van der Waals surface area contributed by atoms with Crippen molar-refractivity contribution in [2.45, 2.75) is 40.0 Å². The van der Waals surface area contributed by atoms with E-state index < -0.39 is 0 Å². The van der Waals surface area contributed by atoms with Crippen molar-refractivity contribution in [1.82, 2.24) is 9.97 Å². The predicted molar refractivity (Wildman–Crippen MR) is 81.2 cm³/mol. The maximum Gasteiger partial charge on any atom is 0.227 e. The highest BCUT2D eigenvalue weighted by molar-refractivity contribution is 5.47. The molecule has 20 heavy (non-hydrogen) atoms. The van der Waals surface area contributed by atoms with Crippen molar-refractivity contribution in [2.24, 2.45) is 0 Å². The summed E-state index contributed by atoms with van der Waals surface area (Å²) < 4.78 is 5.99. The van der Waals surface area contributed by atoms with Crippen LogP contribution >= 0.6 is 0 Å². The number of hydrogen-bond acceptors (Lipinski definition) is 4. The Morgan fingerprint density at radius 1 is 1.20 bits per heavy atom. The summed E-state index contributed by atoms with van der Waals surface area (Å²) in [5, 5.41) is 0. The lowest BCUT2D eigenvalue weighted by atomic mass is 10.0. The van der Waals surface area contributed by atoms with Crippen molar-refractivity contribution >= 4 is 5.82 Å². The minimum absolute atomic E-state index is 0.385. The van der Waals surface area contributed by atoms with Gasteiger partial charge in [0.25, 0.3) is 0 Å². The fraction of sp³-hybridized carbons (Fsp3) is 0.375. The molecule has 1 aromatic carbocycles. The van der Waals surface area contributed by atoms with E-state index in [-0.39, 0.29) is 0 Å². The van der Waals surface area contributed by atoms with Crippen LogP contribution in [0.1, 0.15) is 43.6 Å². The summed E-state index contributed by atoms with van der Waals surface area (Å²) in [6, 6.07) is 8.00. The Morgan fingerprint density at radius 3 is 2.55 bits per heavy atom. The number of nitrogen functional groups attached to an aromatic ring is 1. The molecule has 0 aliphatic rings. The zero-order valence-electron chi connectivity index (χ0n) is 12.5. The van der Waals surface area contributed by atoms with Crippen molar-refractivity contribution in [3.63, 3.8) is 0 Å².